The molecule has 0 atom stereocenters. The lowest BCUT2D eigenvalue weighted by molar-refractivity contribution is -0.127. The Kier molecular flexibility index (Phi) is 5.72. The van der Waals surface area contributed by atoms with E-state index in [1.54, 1.807) is 7.05 Å². The molecule has 1 aliphatic heterocycles. The van der Waals surface area contributed by atoms with Gasteiger partial charge >= 0.3 is 5.69 Å². The van der Waals surface area contributed by atoms with Crippen LogP contribution in [-0.2, 0) is 25.3 Å². The van der Waals surface area contributed by atoms with E-state index in [0.29, 0.717) is 22.9 Å². The molecule has 0 N–H and O–H groups in total. The Morgan fingerprint density at radius 1 is 1.03 bits per heavy atom. The number of hydrogen-bond acceptors (Lipinski definition) is 6. The Morgan fingerprint density at radius 3 is 2.43 bits per heavy atom. The van der Waals surface area contributed by atoms with Crippen LogP contribution in [0.15, 0.2) is 44.9 Å². The van der Waals surface area contributed by atoms with Gasteiger partial charge in [-0.25, -0.2) is 14.8 Å². The summed E-state index contributed by atoms with van der Waals surface area (Å²) in [5, 5.41) is 0.713. The van der Waals surface area contributed by atoms with Gasteiger partial charge in [-0.2, -0.15) is 0 Å². The average Bonchev–Trinajstić information content (AvgIpc) is 3.30. The van der Waals surface area contributed by atoms with Crippen LogP contribution in [0.3, 0.4) is 0 Å². The highest BCUT2D eigenvalue weighted by atomic mass is 32.2. The fraction of sp³-hybridized carbons (Fsp3) is 0.381. The van der Waals surface area contributed by atoms with Gasteiger partial charge in [0.2, 0.25) is 5.91 Å². The van der Waals surface area contributed by atoms with Crippen molar-refractivity contribution in [3.63, 3.8) is 0 Å². The zero-order valence-electron chi connectivity index (χ0n) is 17.0. The van der Waals surface area contributed by atoms with E-state index in [1.165, 1.54) is 23.4 Å². The normalized spacial score (nSPS) is 13.9. The number of fused-ring (bicyclic) bond motifs is 1. The number of thioether (sulfide) groups is 1. The number of rotatable bonds is 5. The number of nitrogens with zero attached hydrogens (tertiary/aromatic N) is 5. The number of benzene rings is 1. The van der Waals surface area contributed by atoms with E-state index >= 15 is 0 Å². The first-order chi connectivity index (χ1) is 14.5. The minimum atomic E-state index is -0.449. The molecule has 8 nitrogen and oxygen atoms in total. The molecule has 3 aromatic rings. The Labute approximate surface area is 177 Å². The van der Waals surface area contributed by atoms with Crippen LogP contribution in [0.1, 0.15) is 24.2 Å². The summed E-state index contributed by atoms with van der Waals surface area (Å²) in [4.78, 5) is 48.8. The summed E-state index contributed by atoms with van der Waals surface area (Å²) in [5.41, 5.74) is 0.423. The zero-order chi connectivity index (χ0) is 21.3. The molecule has 9 heteroatoms. The third-order valence-corrected chi connectivity index (χ3v) is 6.27. The predicted octanol–water partition coefficient (Wildman–Crippen LogP) is 1.33. The Hall–Kier alpha value is -2.94. The van der Waals surface area contributed by atoms with Crippen molar-refractivity contribution in [1.29, 1.82) is 0 Å². The second-order valence-electron chi connectivity index (χ2n) is 7.39. The van der Waals surface area contributed by atoms with Crippen molar-refractivity contribution in [2.75, 3.05) is 18.8 Å². The molecule has 1 fully saturated rings. The molecule has 4 rings (SSSR count). The van der Waals surface area contributed by atoms with Gasteiger partial charge < -0.3 is 4.90 Å². The quantitative estimate of drug-likeness (QED) is 0.453. The lowest BCUT2D eigenvalue weighted by Crippen LogP contribution is -2.38. The van der Waals surface area contributed by atoms with Crippen LogP contribution in [-0.4, -0.2) is 48.8 Å². The number of hydrogen-bond donors (Lipinski definition) is 0. The van der Waals surface area contributed by atoms with Gasteiger partial charge in [-0.15, -0.1) is 0 Å². The topological polar surface area (TPSA) is 90.1 Å². The summed E-state index contributed by atoms with van der Waals surface area (Å²) in [5.74, 6) is 0.742. The van der Waals surface area contributed by atoms with Crippen LogP contribution in [0.25, 0.3) is 11.0 Å². The van der Waals surface area contributed by atoms with Crippen molar-refractivity contribution in [3.05, 3.63) is 62.6 Å². The number of amides is 1. The molecule has 0 spiro atoms. The lowest BCUT2D eigenvalue weighted by atomic mass is 10.1. The van der Waals surface area contributed by atoms with Crippen LogP contribution in [0.5, 0.6) is 0 Å². The molecular weight excluding hydrogens is 402 g/mol. The van der Waals surface area contributed by atoms with Crippen molar-refractivity contribution in [2.45, 2.75) is 24.3 Å². The van der Waals surface area contributed by atoms with Crippen LogP contribution in [0, 0.1) is 0 Å². The fourth-order valence-electron chi connectivity index (χ4n) is 3.62. The third kappa shape index (κ3) is 3.89. The molecule has 1 aliphatic rings. The molecule has 30 heavy (non-hydrogen) atoms. The number of carbonyl (C=O) groups is 1. The number of aromatic nitrogens is 4. The van der Waals surface area contributed by atoms with Crippen molar-refractivity contribution in [1.82, 2.24) is 24.0 Å². The van der Waals surface area contributed by atoms with Gasteiger partial charge in [0.25, 0.3) is 5.56 Å². The number of likely N-dealkylation sites (tertiary alicyclic amines) is 1. The van der Waals surface area contributed by atoms with E-state index in [2.05, 4.69) is 9.97 Å². The largest absolute Gasteiger partial charge is 0.342 e. The second-order valence-corrected chi connectivity index (χ2v) is 8.35. The summed E-state index contributed by atoms with van der Waals surface area (Å²) in [6.07, 6.45) is 2.52. The van der Waals surface area contributed by atoms with Crippen LogP contribution >= 0.6 is 11.8 Å². The minimum Gasteiger partial charge on any atom is -0.342 e. The monoisotopic (exact) mass is 425 g/mol. The molecule has 0 radical (unpaired) electrons. The standard InChI is InChI=1S/C21H23N5O3S/c1-24-18-17(20(28)25(2)21(24)29)19(30-13-16(27)26-10-6-7-11-26)23-15(22-18)12-14-8-4-3-5-9-14/h3-5,8-9H,6-7,10-13H2,1-2H3. The molecule has 2 aromatic heterocycles. The highest BCUT2D eigenvalue weighted by Crippen LogP contribution is 2.24. The molecule has 3 heterocycles. The molecule has 156 valence electrons. The van der Waals surface area contributed by atoms with Gasteiger partial charge in [0.1, 0.15) is 16.2 Å². The Morgan fingerprint density at radius 2 is 1.73 bits per heavy atom. The van der Waals surface area contributed by atoms with Crippen LogP contribution < -0.4 is 11.2 Å². The molecule has 1 aromatic carbocycles. The Balaban J connectivity index is 1.77. The average molecular weight is 426 g/mol. The van der Waals surface area contributed by atoms with Gasteiger partial charge in [-0.1, -0.05) is 42.1 Å². The number of carbonyl (C=O) groups excluding carboxylic acids is 1. The maximum Gasteiger partial charge on any atom is 0.332 e. The number of aryl methyl sites for hydroxylation is 1. The highest BCUT2D eigenvalue weighted by Gasteiger charge is 2.21. The molecule has 1 amide bonds. The first-order valence-electron chi connectivity index (χ1n) is 9.87. The predicted molar refractivity (Wildman–Crippen MR) is 116 cm³/mol. The summed E-state index contributed by atoms with van der Waals surface area (Å²) in [6.45, 7) is 1.55. The first kappa shape index (κ1) is 20.3. The zero-order valence-corrected chi connectivity index (χ0v) is 17.8. The molecule has 0 bridgehead atoms. The molecule has 1 saturated heterocycles. The van der Waals surface area contributed by atoms with E-state index < -0.39 is 11.2 Å². The van der Waals surface area contributed by atoms with E-state index in [0.717, 1.165) is 36.1 Å². The van der Waals surface area contributed by atoms with Crippen LogP contribution in [0.2, 0.25) is 0 Å². The van der Waals surface area contributed by atoms with E-state index in [-0.39, 0.29) is 17.0 Å². The van der Waals surface area contributed by atoms with E-state index in [4.69, 9.17) is 0 Å². The van der Waals surface area contributed by atoms with Gasteiger partial charge in [0.05, 0.1) is 5.75 Å². The maximum atomic E-state index is 12.9. The van der Waals surface area contributed by atoms with Crippen LogP contribution in [0.4, 0.5) is 0 Å². The van der Waals surface area contributed by atoms with E-state index in [1.807, 2.05) is 35.2 Å². The SMILES string of the molecule is Cn1c(=O)c2c(SCC(=O)N3CCCC3)nc(Cc3ccccc3)nc2n(C)c1=O. The summed E-state index contributed by atoms with van der Waals surface area (Å²) in [6, 6.07) is 9.75. The van der Waals surface area contributed by atoms with Crippen molar-refractivity contribution >= 4 is 28.7 Å². The molecule has 0 saturated carbocycles. The third-order valence-electron chi connectivity index (χ3n) is 5.31. The van der Waals surface area contributed by atoms with Crippen molar-refractivity contribution in [2.24, 2.45) is 14.1 Å². The van der Waals surface area contributed by atoms with E-state index in [9.17, 15) is 14.4 Å². The van der Waals surface area contributed by atoms with Gasteiger partial charge in [0.15, 0.2) is 5.65 Å². The molecule has 0 unspecified atom stereocenters. The van der Waals surface area contributed by atoms with Gasteiger partial charge in [-0.05, 0) is 18.4 Å². The molecule has 0 aliphatic carbocycles. The maximum absolute atomic E-state index is 12.9. The second kappa shape index (κ2) is 8.43. The van der Waals surface area contributed by atoms with Crippen molar-refractivity contribution < 1.29 is 4.79 Å². The Bertz CT molecular complexity index is 1210. The lowest BCUT2D eigenvalue weighted by Gasteiger charge is -2.15. The fourth-order valence-corrected chi connectivity index (χ4v) is 4.56. The van der Waals surface area contributed by atoms with Gasteiger partial charge in [-0.3, -0.25) is 18.7 Å². The van der Waals surface area contributed by atoms with Gasteiger partial charge in [0, 0.05) is 33.6 Å². The van der Waals surface area contributed by atoms with Crippen molar-refractivity contribution in [3.8, 4) is 0 Å². The first-order valence-corrected chi connectivity index (χ1v) is 10.9. The molecular formula is C21H23N5O3S. The highest BCUT2D eigenvalue weighted by molar-refractivity contribution is 8.00. The summed E-state index contributed by atoms with van der Waals surface area (Å²) in [7, 11) is 3.03. The summed E-state index contributed by atoms with van der Waals surface area (Å²) < 4.78 is 2.41. The summed E-state index contributed by atoms with van der Waals surface area (Å²) >= 11 is 1.24. The minimum absolute atomic E-state index is 0.0375. The smallest absolute Gasteiger partial charge is 0.332 e.